The highest BCUT2D eigenvalue weighted by atomic mass is 35.5. The van der Waals surface area contributed by atoms with Gasteiger partial charge in [0.1, 0.15) is 0 Å². The zero-order valence-corrected chi connectivity index (χ0v) is 10.1. The van der Waals surface area contributed by atoms with Crippen molar-refractivity contribution in [3.05, 3.63) is 33.8 Å². The average Bonchev–Trinajstić information content (AvgIpc) is 2.19. The second-order valence-electron chi connectivity index (χ2n) is 3.13. The lowest BCUT2D eigenvalue weighted by Crippen LogP contribution is -2.35. The first kappa shape index (κ1) is 12.7. The van der Waals surface area contributed by atoms with Crippen molar-refractivity contribution in [1.82, 2.24) is 5.32 Å². The molecule has 0 radical (unpaired) electrons. The quantitative estimate of drug-likeness (QED) is 0.746. The molecule has 1 atom stereocenters. The molecule has 0 aliphatic rings. The number of hydrogen-bond donors (Lipinski definition) is 2. The van der Waals surface area contributed by atoms with Crippen LogP contribution in [-0.4, -0.2) is 12.1 Å². The molecule has 0 bridgehead atoms. The van der Waals surface area contributed by atoms with Crippen molar-refractivity contribution in [2.75, 3.05) is 0 Å². The molecule has 0 spiro atoms. The van der Waals surface area contributed by atoms with E-state index in [0.29, 0.717) is 10.0 Å². The molecule has 1 rings (SSSR count). The third-order valence-electron chi connectivity index (χ3n) is 1.71. The third kappa shape index (κ3) is 4.01. The van der Waals surface area contributed by atoms with Crippen molar-refractivity contribution in [1.29, 1.82) is 0 Å². The Morgan fingerprint density at radius 2 is 2.12 bits per heavy atom. The fourth-order valence-corrected chi connectivity index (χ4v) is 1.31. The molecule has 0 heterocycles. The van der Waals surface area contributed by atoms with Crippen molar-refractivity contribution >= 4 is 29.2 Å². The molecule has 3 N–H and O–H groups in total. The van der Waals surface area contributed by atoms with Crippen molar-refractivity contribution in [3.8, 4) is 11.8 Å². The first-order valence-electron chi connectivity index (χ1n) is 4.51. The maximum atomic E-state index is 10.5. The molecule has 1 aromatic carbocycles. The SMILES string of the molecule is CC(C#Cc1ccc(Cl)c(Cl)c1)NC(N)=O. The van der Waals surface area contributed by atoms with Crippen LogP contribution < -0.4 is 11.1 Å². The lowest BCUT2D eigenvalue weighted by atomic mass is 10.2. The summed E-state index contributed by atoms with van der Waals surface area (Å²) < 4.78 is 0. The number of rotatable bonds is 1. The summed E-state index contributed by atoms with van der Waals surface area (Å²) in [6, 6.07) is 4.16. The van der Waals surface area contributed by atoms with E-state index < -0.39 is 6.03 Å². The van der Waals surface area contributed by atoms with E-state index in [4.69, 9.17) is 28.9 Å². The van der Waals surface area contributed by atoms with Crippen molar-refractivity contribution in [2.24, 2.45) is 5.73 Å². The molecule has 0 saturated carbocycles. The minimum atomic E-state index is -0.601. The van der Waals surface area contributed by atoms with E-state index in [-0.39, 0.29) is 6.04 Å². The van der Waals surface area contributed by atoms with Crippen LogP contribution in [0.25, 0.3) is 0 Å². The van der Waals surface area contributed by atoms with Crippen LogP contribution in [0.3, 0.4) is 0 Å². The van der Waals surface area contributed by atoms with Gasteiger partial charge in [-0.1, -0.05) is 35.0 Å². The fraction of sp³-hybridized carbons (Fsp3) is 0.182. The number of carbonyl (C=O) groups is 1. The van der Waals surface area contributed by atoms with Crippen molar-refractivity contribution in [2.45, 2.75) is 13.0 Å². The normalized spacial score (nSPS) is 11.2. The van der Waals surface area contributed by atoms with Gasteiger partial charge in [-0.15, -0.1) is 0 Å². The van der Waals surface area contributed by atoms with Crippen LogP contribution in [0.15, 0.2) is 18.2 Å². The van der Waals surface area contributed by atoms with Crippen LogP contribution in [-0.2, 0) is 0 Å². The maximum absolute atomic E-state index is 10.5. The van der Waals surface area contributed by atoms with Gasteiger partial charge in [0, 0.05) is 5.56 Å². The molecule has 3 nitrogen and oxygen atoms in total. The van der Waals surface area contributed by atoms with Gasteiger partial charge in [0.05, 0.1) is 16.1 Å². The summed E-state index contributed by atoms with van der Waals surface area (Å²) in [6.45, 7) is 1.73. The topological polar surface area (TPSA) is 55.1 Å². The highest BCUT2D eigenvalue weighted by Crippen LogP contribution is 2.21. The number of benzene rings is 1. The number of amides is 2. The third-order valence-corrected chi connectivity index (χ3v) is 2.45. The summed E-state index contributed by atoms with van der Waals surface area (Å²) in [5.74, 6) is 5.67. The maximum Gasteiger partial charge on any atom is 0.313 e. The molecular weight excluding hydrogens is 247 g/mol. The van der Waals surface area contributed by atoms with E-state index in [1.54, 1.807) is 25.1 Å². The van der Waals surface area contributed by atoms with Gasteiger partial charge in [0.25, 0.3) is 0 Å². The molecule has 1 unspecified atom stereocenters. The summed E-state index contributed by atoms with van der Waals surface area (Å²) in [7, 11) is 0. The largest absolute Gasteiger partial charge is 0.352 e. The van der Waals surface area contributed by atoms with Crippen LogP contribution >= 0.6 is 23.2 Å². The Kier molecular flexibility index (Phi) is 4.48. The molecule has 2 amide bonds. The van der Waals surface area contributed by atoms with E-state index in [1.807, 2.05) is 0 Å². The standard InChI is InChI=1S/C11H10Cl2N2O/c1-7(15-11(14)16)2-3-8-4-5-9(12)10(13)6-8/h4-7H,1H3,(H3,14,15,16). The number of nitrogens with two attached hydrogens (primary N) is 1. The summed E-state index contributed by atoms with van der Waals surface area (Å²) in [5.41, 5.74) is 5.68. The van der Waals surface area contributed by atoms with Crippen LogP contribution in [0.4, 0.5) is 4.79 Å². The van der Waals surface area contributed by atoms with Gasteiger partial charge in [-0.05, 0) is 25.1 Å². The van der Waals surface area contributed by atoms with Crippen LogP contribution in [0.5, 0.6) is 0 Å². The van der Waals surface area contributed by atoms with Gasteiger partial charge in [-0.25, -0.2) is 4.79 Å². The Hall–Kier alpha value is -1.37. The number of primary amides is 1. The first-order chi connectivity index (χ1) is 7.49. The number of hydrogen-bond acceptors (Lipinski definition) is 1. The zero-order chi connectivity index (χ0) is 12.1. The second-order valence-corrected chi connectivity index (χ2v) is 3.94. The van der Waals surface area contributed by atoms with Gasteiger partial charge in [0.15, 0.2) is 0 Å². The number of halogens is 2. The summed E-state index contributed by atoms with van der Waals surface area (Å²) >= 11 is 11.6. The summed E-state index contributed by atoms with van der Waals surface area (Å²) in [4.78, 5) is 10.5. The van der Waals surface area contributed by atoms with Crippen LogP contribution in [0.1, 0.15) is 12.5 Å². The van der Waals surface area contributed by atoms with Gasteiger partial charge in [-0.3, -0.25) is 0 Å². The molecule has 5 heteroatoms. The predicted molar refractivity (Wildman–Crippen MR) is 65.5 cm³/mol. The summed E-state index contributed by atoms with van der Waals surface area (Å²) in [5, 5.41) is 3.38. The van der Waals surface area contributed by atoms with E-state index in [0.717, 1.165) is 5.56 Å². The molecular formula is C11H10Cl2N2O. The molecule has 84 valence electrons. The first-order valence-corrected chi connectivity index (χ1v) is 5.27. The molecule has 0 aromatic heterocycles. The van der Waals surface area contributed by atoms with Crippen LogP contribution in [0, 0.1) is 11.8 Å². The Balaban J connectivity index is 2.76. The smallest absolute Gasteiger partial charge is 0.313 e. The molecule has 1 aromatic rings. The zero-order valence-electron chi connectivity index (χ0n) is 8.55. The minimum absolute atomic E-state index is 0.313. The monoisotopic (exact) mass is 256 g/mol. The summed E-state index contributed by atoms with van der Waals surface area (Å²) in [6.07, 6.45) is 0. The van der Waals surface area contributed by atoms with Gasteiger partial charge in [-0.2, -0.15) is 0 Å². The predicted octanol–water partition coefficient (Wildman–Crippen LogP) is 2.40. The van der Waals surface area contributed by atoms with E-state index >= 15 is 0 Å². The Labute approximate surface area is 104 Å². The Morgan fingerprint density at radius 1 is 1.44 bits per heavy atom. The van der Waals surface area contributed by atoms with Crippen molar-refractivity contribution in [3.63, 3.8) is 0 Å². The number of nitrogens with one attached hydrogen (secondary N) is 1. The van der Waals surface area contributed by atoms with E-state index in [2.05, 4.69) is 17.2 Å². The Morgan fingerprint density at radius 3 is 2.69 bits per heavy atom. The van der Waals surface area contributed by atoms with Crippen LogP contribution in [0.2, 0.25) is 10.0 Å². The fourth-order valence-electron chi connectivity index (χ4n) is 1.01. The molecule has 0 saturated heterocycles. The van der Waals surface area contributed by atoms with Gasteiger partial charge < -0.3 is 11.1 Å². The van der Waals surface area contributed by atoms with Gasteiger partial charge in [0.2, 0.25) is 0 Å². The van der Waals surface area contributed by atoms with Crippen molar-refractivity contribution < 1.29 is 4.79 Å². The highest BCUT2D eigenvalue weighted by molar-refractivity contribution is 6.42. The lowest BCUT2D eigenvalue weighted by Gasteiger charge is -2.02. The number of carbonyl (C=O) groups excluding carboxylic acids is 1. The molecule has 0 aliphatic heterocycles. The lowest BCUT2D eigenvalue weighted by molar-refractivity contribution is 0.248. The molecule has 16 heavy (non-hydrogen) atoms. The average molecular weight is 257 g/mol. The second kappa shape index (κ2) is 5.64. The van der Waals surface area contributed by atoms with E-state index in [9.17, 15) is 4.79 Å². The molecule has 0 fully saturated rings. The minimum Gasteiger partial charge on any atom is -0.352 e. The highest BCUT2D eigenvalue weighted by Gasteiger charge is 1.99. The van der Waals surface area contributed by atoms with E-state index in [1.165, 1.54) is 0 Å². The number of urea groups is 1. The molecule has 0 aliphatic carbocycles. The van der Waals surface area contributed by atoms with Gasteiger partial charge >= 0.3 is 6.03 Å². The Bertz CT molecular complexity index is 463.